The summed E-state index contributed by atoms with van der Waals surface area (Å²) in [6, 6.07) is 4.73. The minimum absolute atomic E-state index is 0.0149. The minimum atomic E-state index is -3.77. The number of benzene rings is 1. The standard InChI is InChI=1S/C22H34N2O4S/c1-5-6-18-9-10-22-20(11-18)28-21(14-23(4)13-19-7-8-19)16(2)12-24(17(3)15-25)29(22,26)27/h5-6,9-11,16-17,19,21,25H,7-8,12-15H2,1-4H3/b6-5+/t16-,17-,21-/m1/s1. The van der Waals surface area contributed by atoms with E-state index >= 15 is 0 Å². The Kier molecular flexibility index (Phi) is 7.04. The van der Waals surface area contributed by atoms with Gasteiger partial charge in [0.05, 0.1) is 6.61 Å². The van der Waals surface area contributed by atoms with Gasteiger partial charge in [0.15, 0.2) is 0 Å². The highest BCUT2D eigenvalue weighted by Gasteiger charge is 2.38. The third-order valence-corrected chi connectivity index (χ3v) is 7.83. The summed E-state index contributed by atoms with van der Waals surface area (Å²) in [6.45, 7) is 7.60. The molecule has 0 saturated heterocycles. The van der Waals surface area contributed by atoms with Crippen molar-refractivity contribution in [3.63, 3.8) is 0 Å². The Morgan fingerprint density at radius 1 is 1.34 bits per heavy atom. The lowest BCUT2D eigenvalue weighted by molar-refractivity contribution is 0.0740. The fourth-order valence-corrected chi connectivity index (χ4v) is 5.70. The Labute approximate surface area is 175 Å². The molecule has 0 unspecified atom stereocenters. The van der Waals surface area contributed by atoms with Gasteiger partial charge >= 0.3 is 0 Å². The molecule has 162 valence electrons. The lowest BCUT2D eigenvalue weighted by Crippen LogP contribution is -2.49. The maximum atomic E-state index is 13.4. The molecule has 0 radical (unpaired) electrons. The van der Waals surface area contributed by atoms with Crippen LogP contribution in [0.15, 0.2) is 29.2 Å². The molecule has 1 N–H and O–H groups in total. The van der Waals surface area contributed by atoms with Gasteiger partial charge in [-0.1, -0.05) is 25.1 Å². The molecule has 7 heteroatoms. The number of ether oxygens (including phenoxy) is 1. The van der Waals surface area contributed by atoms with Crippen molar-refractivity contribution in [1.82, 2.24) is 9.21 Å². The molecule has 1 aromatic rings. The zero-order valence-electron chi connectivity index (χ0n) is 17.9. The third-order valence-electron chi connectivity index (χ3n) is 5.81. The van der Waals surface area contributed by atoms with Crippen LogP contribution in [0, 0.1) is 11.8 Å². The molecule has 1 saturated carbocycles. The quantitative estimate of drug-likeness (QED) is 0.732. The summed E-state index contributed by atoms with van der Waals surface area (Å²) in [5.41, 5.74) is 0.904. The van der Waals surface area contributed by atoms with E-state index in [2.05, 4.69) is 11.9 Å². The second-order valence-corrected chi connectivity index (χ2v) is 10.5. The van der Waals surface area contributed by atoms with Crippen molar-refractivity contribution in [3.8, 4) is 5.75 Å². The SMILES string of the molecule is C/C=C/c1ccc2c(c1)O[C@H](CN(C)CC1CC1)[C@H](C)CN([C@H](C)CO)S2(=O)=O. The van der Waals surface area contributed by atoms with Gasteiger partial charge < -0.3 is 14.7 Å². The first kappa shape index (κ1) is 22.3. The maximum Gasteiger partial charge on any atom is 0.247 e. The van der Waals surface area contributed by atoms with Crippen molar-refractivity contribution in [2.45, 2.75) is 50.7 Å². The Morgan fingerprint density at radius 3 is 2.69 bits per heavy atom. The van der Waals surface area contributed by atoms with E-state index in [-0.39, 0.29) is 23.5 Å². The molecule has 29 heavy (non-hydrogen) atoms. The summed E-state index contributed by atoms with van der Waals surface area (Å²) < 4.78 is 34.6. The van der Waals surface area contributed by atoms with Crippen LogP contribution in [0.3, 0.4) is 0 Å². The Bertz CT molecular complexity index is 835. The average molecular weight is 423 g/mol. The van der Waals surface area contributed by atoms with Crippen LogP contribution in [0.4, 0.5) is 0 Å². The first-order valence-corrected chi connectivity index (χ1v) is 11.9. The number of rotatable bonds is 7. The smallest absolute Gasteiger partial charge is 0.247 e. The van der Waals surface area contributed by atoms with E-state index in [1.165, 1.54) is 17.1 Å². The van der Waals surface area contributed by atoms with Gasteiger partial charge in [-0.2, -0.15) is 4.31 Å². The lowest BCUT2D eigenvalue weighted by Gasteiger charge is -2.37. The van der Waals surface area contributed by atoms with Gasteiger partial charge in [0, 0.05) is 31.6 Å². The first-order chi connectivity index (χ1) is 13.8. The number of likely N-dealkylation sites (N-methyl/N-ethyl adjacent to an activating group) is 1. The summed E-state index contributed by atoms with van der Waals surface area (Å²) in [7, 11) is -1.66. The molecular formula is C22H34N2O4S. The van der Waals surface area contributed by atoms with Crippen LogP contribution < -0.4 is 4.74 Å². The van der Waals surface area contributed by atoms with E-state index in [1.54, 1.807) is 25.1 Å². The number of nitrogens with zero attached hydrogens (tertiary/aromatic N) is 2. The fraction of sp³-hybridized carbons (Fsp3) is 0.636. The van der Waals surface area contributed by atoms with Gasteiger partial charge in [0.2, 0.25) is 10.0 Å². The normalized spacial score (nSPS) is 26.0. The number of hydrogen-bond acceptors (Lipinski definition) is 5. The number of aliphatic hydroxyl groups is 1. The largest absolute Gasteiger partial charge is 0.487 e. The first-order valence-electron chi connectivity index (χ1n) is 10.5. The Morgan fingerprint density at radius 2 is 2.07 bits per heavy atom. The molecule has 0 bridgehead atoms. The number of fused-ring (bicyclic) bond motifs is 1. The van der Waals surface area contributed by atoms with Crippen molar-refractivity contribution >= 4 is 16.1 Å². The molecule has 1 aliphatic carbocycles. The summed E-state index contributed by atoms with van der Waals surface area (Å²) >= 11 is 0. The zero-order chi connectivity index (χ0) is 21.2. The van der Waals surface area contributed by atoms with Crippen LogP contribution >= 0.6 is 0 Å². The average Bonchev–Trinajstić information content (AvgIpc) is 3.48. The molecule has 1 aromatic carbocycles. The van der Waals surface area contributed by atoms with E-state index in [9.17, 15) is 13.5 Å². The van der Waals surface area contributed by atoms with Crippen LogP contribution in [0.1, 0.15) is 39.2 Å². The van der Waals surface area contributed by atoms with Crippen molar-refractivity contribution in [3.05, 3.63) is 29.8 Å². The van der Waals surface area contributed by atoms with E-state index < -0.39 is 16.1 Å². The molecule has 1 fully saturated rings. The Balaban J connectivity index is 1.99. The highest BCUT2D eigenvalue weighted by molar-refractivity contribution is 7.89. The maximum absolute atomic E-state index is 13.4. The molecule has 3 rings (SSSR count). The van der Waals surface area contributed by atoms with Crippen LogP contribution in [0.5, 0.6) is 5.75 Å². The monoisotopic (exact) mass is 422 g/mol. The predicted octanol–water partition coefficient (Wildman–Crippen LogP) is 2.83. The van der Waals surface area contributed by atoms with E-state index in [1.807, 2.05) is 26.0 Å². The van der Waals surface area contributed by atoms with Crippen LogP contribution in [0.25, 0.3) is 6.08 Å². The summed E-state index contributed by atoms with van der Waals surface area (Å²) in [5.74, 6) is 1.16. The zero-order valence-corrected chi connectivity index (χ0v) is 18.7. The van der Waals surface area contributed by atoms with E-state index in [0.29, 0.717) is 12.3 Å². The Hall–Kier alpha value is -1.41. The fourth-order valence-electron chi connectivity index (χ4n) is 3.88. The molecular weight excluding hydrogens is 388 g/mol. The topological polar surface area (TPSA) is 70.1 Å². The molecule has 0 aromatic heterocycles. The number of sulfonamides is 1. The number of allylic oxidation sites excluding steroid dienone is 1. The van der Waals surface area contributed by atoms with Crippen LogP contribution in [-0.4, -0.2) is 68.2 Å². The molecule has 1 aliphatic heterocycles. The van der Waals surface area contributed by atoms with E-state index in [4.69, 9.17) is 4.74 Å². The van der Waals surface area contributed by atoms with Gasteiger partial charge in [-0.3, -0.25) is 0 Å². The third kappa shape index (κ3) is 5.20. The number of hydrogen-bond donors (Lipinski definition) is 1. The van der Waals surface area contributed by atoms with Crippen molar-refractivity contribution in [2.75, 3.05) is 33.3 Å². The summed E-state index contributed by atoms with van der Waals surface area (Å²) in [4.78, 5) is 2.47. The van der Waals surface area contributed by atoms with Crippen LogP contribution in [-0.2, 0) is 10.0 Å². The molecule has 2 aliphatic rings. The summed E-state index contributed by atoms with van der Waals surface area (Å²) in [6.07, 6.45) is 6.30. The van der Waals surface area contributed by atoms with Crippen molar-refractivity contribution < 1.29 is 18.3 Å². The molecule has 0 amide bonds. The second kappa shape index (κ2) is 9.16. The van der Waals surface area contributed by atoms with Gasteiger partial charge in [-0.25, -0.2) is 8.42 Å². The lowest BCUT2D eigenvalue weighted by atomic mass is 10.0. The van der Waals surface area contributed by atoms with E-state index in [0.717, 1.165) is 24.6 Å². The molecule has 0 spiro atoms. The van der Waals surface area contributed by atoms with Crippen LogP contribution in [0.2, 0.25) is 0 Å². The highest BCUT2D eigenvalue weighted by Crippen LogP contribution is 2.35. The predicted molar refractivity (Wildman–Crippen MR) is 115 cm³/mol. The highest BCUT2D eigenvalue weighted by atomic mass is 32.2. The molecule has 3 atom stereocenters. The van der Waals surface area contributed by atoms with Gasteiger partial charge in [0.25, 0.3) is 0 Å². The summed E-state index contributed by atoms with van der Waals surface area (Å²) in [5, 5.41) is 9.69. The van der Waals surface area contributed by atoms with Gasteiger partial charge in [0.1, 0.15) is 16.7 Å². The minimum Gasteiger partial charge on any atom is -0.487 e. The molecule has 1 heterocycles. The van der Waals surface area contributed by atoms with Gasteiger partial charge in [-0.05, 0) is 57.4 Å². The van der Waals surface area contributed by atoms with Crippen molar-refractivity contribution in [1.29, 1.82) is 0 Å². The number of aliphatic hydroxyl groups excluding tert-OH is 1. The molecule has 6 nitrogen and oxygen atoms in total. The van der Waals surface area contributed by atoms with Gasteiger partial charge in [-0.15, -0.1) is 0 Å². The van der Waals surface area contributed by atoms with Crippen molar-refractivity contribution in [2.24, 2.45) is 11.8 Å². The second-order valence-electron chi connectivity index (χ2n) is 8.61.